The highest BCUT2D eigenvalue weighted by Crippen LogP contribution is 2.31. The van der Waals surface area contributed by atoms with E-state index in [4.69, 9.17) is 9.47 Å². The van der Waals surface area contributed by atoms with Crippen molar-refractivity contribution >= 4 is 44.0 Å². The lowest BCUT2D eigenvalue weighted by Gasteiger charge is -2.36. The van der Waals surface area contributed by atoms with Crippen molar-refractivity contribution in [1.82, 2.24) is 9.47 Å². The van der Waals surface area contributed by atoms with Crippen LogP contribution in [0.1, 0.15) is 84.0 Å². The summed E-state index contributed by atoms with van der Waals surface area (Å²) in [6.45, 7) is 7.99. The van der Waals surface area contributed by atoms with Gasteiger partial charge in [-0.3, -0.25) is 19.1 Å². The first-order valence-electron chi connectivity index (χ1n) is 19.4. The number of piperazine rings is 1. The van der Waals surface area contributed by atoms with Gasteiger partial charge in [0.05, 0.1) is 12.1 Å². The molecule has 3 heterocycles. The fraction of sp³-hybridized carbons (Fsp3) is 0.455. The highest BCUT2D eigenvalue weighted by atomic mass is 32.1. The van der Waals surface area contributed by atoms with E-state index in [1.807, 2.05) is 29.5 Å². The number of fused-ring (bicyclic) bond motifs is 2. The fourth-order valence-electron chi connectivity index (χ4n) is 6.68. The summed E-state index contributed by atoms with van der Waals surface area (Å²) in [5, 5.41) is 4.45. The van der Waals surface area contributed by atoms with Crippen molar-refractivity contribution < 1.29 is 14.3 Å². The third-order valence-corrected chi connectivity index (χ3v) is 10.6. The van der Waals surface area contributed by atoms with Crippen molar-refractivity contribution in [1.29, 1.82) is 0 Å². The summed E-state index contributed by atoms with van der Waals surface area (Å²) in [6.07, 6.45) is 25.2. The first-order chi connectivity index (χ1) is 25.6. The lowest BCUT2D eigenvalue weighted by molar-refractivity contribution is -0.147. The van der Waals surface area contributed by atoms with Crippen molar-refractivity contribution in [2.24, 2.45) is 0 Å². The third kappa shape index (κ3) is 12.5. The maximum Gasteiger partial charge on any atom is 0.307 e. The zero-order valence-electron chi connectivity index (χ0n) is 31.1. The number of carbonyl (C=O) groups is 1. The van der Waals surface area contributed by atoms with Gasteiger partial charge in [-0.1, -0.05) is 68.7 Å². The number of unbranched alkanes of at least 4 members (excludes halogenated alkanes) is 6. The molecule has 8 heteroatoms. The number of carbonyl (C=O) groups excluding carboxylic acids is 1. The molecule has 1 fully saturated rings. The Morgan fingerprint density at radius 1 is 0.808 bits per heavy atom. The number of rotatable bonds is 22. The minimum absolute atomic E-state index is 0.0922. The standard InChI is InChI=1S/C44H57N3O4S/c1-2-3-4-5-6-7-8-9-10-11-12-13-14-15-16-22-44(49)51-36-47-41-35-38(25-23-37(41)24-26-43(47)48)50-33-18-17-28-45-29-31-46(32-30-45)40-20-19-21-42-39(40)27-34-52-42/h3-4,6-7,9-10,19-21,23-27,34-35H,2,5,8,11-18,22,28-33,36H2,1H3/b4-3-,7-6-,10-9-. The Bertz CT molecular complexity index is 1820. The second-order valence-corrected chi connectivity index (χ2v) is 14.5. The van der Waals surface area contributed by atoms with E-state index in [2.05, 4.69) is 82.8 Å². The Morgan fingerprint density at radius 3 is 2.42 bits per heavy atom. The molecule has 1 aliphatic rings. The van der Waals surface area contributed by atoms with Crippen LogP contribution in [0.2, 0.25) is 0 Å². The normalized spacial score (nSPS) is 14.1. The summed E-state index contributed by atoms with van der Waals surface area (Å²) in [6, 6.07) is 18.0. The second-order valence-electron chi connectivity index (χ2n) is 13.6. The van der Waals surface area contributed by atoms with Gasteiger partial charge in [0.15, 0.2) is 6.73 Å². The molecule has 2 aromatic heterocycles. The lowest BCUT2D eigenvalue weighted by atomic mass is 10.1. The molecule has 0 bridgehead atoms. The Morgan fingerprint density at radius 2 is 1.58 bits per heavy atom. The molecule has 0 radical (unpaired) electrons. The van der Waals surface area contributed by atoms with Crippen molar-refractivity contribution in [2.75, 3.05) is 44.2 Å². The number of ether oxygens (including phenoxy) is 2. The van der Waals surface area contributed by atoms with Crippen molar-refractivity contribution in [2.45, 2.75) is 90.7 Å². The SMILES string of the molecule is CC/C=C\C/C=C\C/C=C\CCCCCCCC(=O)OCn1c(=O)ccc2ccc(OCCCCN3CCN(c4cccc5sccc45)CC3)cc21. The molecular weight excluding hydrogens is 667 g/mol. The fourth-order valence-corrected chi connectivity index (χ4v) is 7.49. The van der Waals surface area contributed by atoms with Crippen LogP contribution in [-0.4, -0.2) is 54.8 Å². The van der Waals surface area contributed by atoms with Crippen molar-refractivity contribution in [3.05, 3.63) is 107 Å². The van der Waals surface area contributed by atoms with Crippen LogP contribution >= 0.6 is 11.3 Å². The largest absolute Gasteiger partial charge is 0.494 e. The zero-order valence-corrected chi connectivity index (χ0v) is 31.9. The lowest BCUT2D eigenvalue weighted by Crippen LogP contribution is -2.46. The van der Waals surface area contributed by atoms with Gasteiger partial charge in [-0.05, 0) is 105 Å². The van der Waals surface area contributed by atoms with Gasteiger partial charge in [0.1, 0.15) is 5.75 Å². The molecule has 0 amide bonds. The van der Waals surface area contributed by atoms with Crippen molar-refractivity contribution in [3.8, 4) is 5.75 Å². The van der Waals surface area contributed by atoms with Crippen LogP contribution < -0.4 is 15.2 Å². The highest BCUT2D eigenvalue weighted by Gasteiger charge is 2.18. The Balaban J connectivity index is 0.946. The second kappa shape index (κ2) is 22.0. The molecule has 0 saturated carbocycles. The van der Waals surface area contributed by atoms with Crippen LogP contribution in [0.3, 0.4) is 0 Å². The maximum absolute atomic E-state index is 12.8. The molecule has 0 spiro atoms. The Hall–Kier alpha value is -4.14. The molecule has 0 N–H and O–H groups in total. The first-order valence-corrected chi connectivity index (χ1v) is 20.3. The number of thiophene rings is 1. The van der Waals surface area contributed by atoms with Gasteiger partial charge < -0.3 is 14.4 Å². The van der Waals surface area contributed by atoms with E-state index < -0.39 is 0 Å². The summed E-state index contributed by atoms with van der Waals surface area (Å²) in [5.74, 6) is 0.455. The number of benzene rings is 2. The summed E-state index contributed by atoms with van der Waals surface area (Å²) in [7, 11) is 0. The van der Waals surface area contributed by atoms with Gasteiger partial charge in [-0.25, -0.2) is 0 Å². The van der Waals surface area contributed by atoms with E-state index in [0.29, 0.717) is 18.5 Å². The average molecular weight is 724 g/mol. The molecule has 0 atom stereocenters. The van der Waals surface area contributed by atoms with Crippen LogP contribution in [0.15, 0.2) is 101 Å². The van der Waals surface area contributed by atoms with E-state index in [9.17, 15) is 9.59 Å². The number of pyridine rings is 1. The minimum Gasteiger partial charge on any atom is -0.494 e. The van der Waals surface area contributed by atoms with Gasteiger partial charge >= 0.3 is 5.97 Å². The van der Waals surface area contributed by atoms with Crippen LogP contribution in [0, 0.1) is 0 Å². The smallest absolute Gasteiger partial charge is 0.307 e. The third-order valence-electron chi connectivity index (χ3n) is 9.67. The predicted molar refractivity (Wildman–Crippen MR) is 219 cm³/mol. The van der Waals surface area contributed by atoms with E-state index in [-0.39, 0.29) is 18.3 Å². The molecule has 1 saturated heterocycles. The van der Waals surface area contributed by atoms with Gasteiger partial charge in [0.25, 0.3) is 5.56 Å². The van der Waals surface area contributed by atoms with Crippen LogP contribution in [-0.2, 0) is 16.3 Å². The number of hydrogen-bond donors (Lipinski definition) is 0. The maximum atomic E-state index is 12.8. The van der Waals surface area contributed by atoms with Gasteiger partial charge in [0.2, 0.25) is 0 Å². The molecule has 4 aromatic rings. The summed E-state index contributed by atoms with van der Waals surface area (Å²) in [5.41, 5.74) is 1.87. The summed E-state index contributed by atoms with van der Waals surface area (Å²) in [4.78, 5) is 30.4. The molecule has 0 aliphatic carbocycles. The molecule has 0 unspecified atom stereocenters. The van der Waals surface area contributed by atoms with Crippen LogP contribution in [0.5, 0.6) is 5.75 Å². The zero-order chi connectivity index (χ0) is 36.2. The Labute approximate surface area is 314 Å². The topological polar surface area (TPSA) is 64.0 Å². The molecule has 7 nitrogen and oxygen atoms in total. The predicted octanol–water partition coefficient (Wildman–Crippen LogP) is 10.3. The number of nitrogens with zero attached hydrogens (tertiary/aromatic N) is 3. The Kier molecular flexibility index (Phi) is 16.6. The summed E-state index contributed by atoms with van der Waals surface area (Å²) < 4.78 is 14.5. The van der Waals surface area contributed by atoms with Gasteiger partial charge in [-0.15, -0.1) is 11.3 Å². The van der Waals surface area contributed by atoms with Crippen LogP contribution in [0.4, 0.5) is 5.69 Å². The minimum atomic E-state index is -0.265. The molecular formula is C44H57N3O4S. The monoisotopic (exact) mass is 723 g/mol. The van der Waals surface area contributed by atoms with E-state index in [0.717, 1.165) is 102 Å². The van der Waals surface area contributed by atoms with E-state index in [1.54, 1.807) is 6.07 Å². The molecule has 52 heavy (non-hydrogen) atoms. The van der Waals surface area contributed by atoms with Crippen LogP contribution in [0.25, 0.3) is 21.0 Å². The molecule has 5 rings (SSSR count). The van der Waals surface area contributed by atoms with Crippen molar-refractivity contribution in [3.63, 3.8) is 0 Å². The number of hydrogen-bond acceptors (Lipinski definition) is 7. The van der Waals surface area contributed by atoms with Gasteiger partial charge in [0, 0.05) is 60.5 Å². The average Bonchev–Trinajstić information content (AvgIpc) is 3.66. The number of aromatic nitrogens is 1. The molecule has 2 aromatic carbocycles. The highest BCUT2D eigenvalue weighted by molar-refractivity contribution is 7.17. The summed E-state index contributed by atoms with van der Waals surface area (Å²) >= 11 is 1.81. The van der Waals surface area contributed by atoms with E-state index in [1.165, 1.54) is 39.2 Å². The number of esters is 1. The molecule has 278 valence electrons. The first kappa shape index (κ1) is 39.1. The molecule has 1 aliphatic heterocycles. The quantitative estimate of drug-likeness (QED) is 0.0457. The van der Waals surface area contributed by atoms with Gasteiger partial charge in [-0.2, -0.15) is 0 Å². The number of allylic oxidation sites excluding steroid dienone is 6. The van der Waals surface area contributed by atoms with E-state index >= 15 is 0 Å². The number of anilines is 1.